The van der Waals surface area contributed by atoms with Gasteiger partial charge in [-0.15, -0.1) is 0 Å². The van der Waals surface area contributed by atoms with E-state index in [1.54, 1.807) is 23.1 Å². The van der Waals surface area contributed by atoms with Gasteiger partial charge < -0.3 is 40.2 Å². The van der Waals surface area contributed by atoms with E-state index in [4.69, 9.17) is 14.5 Å². The number of nitrogens with one attached hydrogen (secondary N) is 4. The molecule has 16 heteroatoms. The quantitative estimate of drug-likeness (QED) is 0.122. The number of likely N-dealkylation sites (tertiary alicyclic amines) is 2. The molecule has 2 aliphatic heterocycles. The number of imidazole rings is 1. The molecule has 5 amide bonds. The van der Waals surface area contributed by atoms with Crippen LogP contribution in [0.2, 0.25) is 0 Å². The first-order chi connectivity index (χ1) is 32.1. The summed E-state index contributed by atoms with van der Waals surface area (Å²) in [7, 11) is 2.51. The zero-order valence-electron chi connectivity index (χ0n) is 39.0. The molecule has 0 spiro atoms. The number of carbonyl (C=O) groups excluding carboxylic acids is 5. The van der Waals surface area contributed by atoms with E-state index >= 15 is 8.78 Å². The van der Waals surface area contributed by atoms with E-state index < -0.39 is 42.1 Å². The molecule has 9 rings (SSSR count). The summed E-state index contributed by atoms with van der Waals surface area (Å²) in [6.07, 6.45) is 7.32. The standard InChI is InChI=1S/C51H61F2N7O7/c1-26(2)43(57-49(64)66-5)47(62)59-39-13-9-7-11-30(39)23-41(59)45-55-37-20-16-29(22-38(37)56-45)28-15-18-33-34-19-17-32(25-36(34)51(52,53)35(33)21-28)54-46(61)42-24-31-12-8-10-14-40(31)60(42)48(63)44(27(3)4)58-50(65)67-6/h15-22,25-27,30-31,39-44H,7-14,23-24H2,1-6H3,(H,54,61)(H,55,56)(H,57,64)(H,58,65)/t30-,31-,39-,40-,41-,42-,43-,44-/m0/s1. The molecule has 4 aromatic rings. The van der Waals surface area contributed by atoms with E-state index in [2.05, 4.69) is 20.9 Å². The summed E-state index contributed by atoms with van der Waals surface area (Å²) in [5.74, 6) is -3.74. The molecule has 67 heavy (non-hydrogen) atoms. The summed E-state index contributed by atoms with van der Waals surface area (Å²) in [6, 6.07) is 12.2. The van der Waals surface area contributed by atoms with Crippen molar-refractivity contribution in [2.24, 2.45) is 23.7 Å². The van der Waals surface area contributed by atoms with Crippen molar-refractivity contribution in [3.05, 3.63) is 71.5 Å². The second kappa shape index (κ2) is 18.2. The van der Waals surface area contributed by atoms with Crippen molar-refractivity contribution in [2.75, 3.05) is 19.5 Å². The number of alkyl carbamates (subject to hydrolysis) is 2. The minimum Gasteiger partial charge on any atom is -0.453 e. The van der Waals surface area contributed by atoms with Crippen molar-refractivity contribution in [2.45, 2.75) is 134 Å². The summed E-state index contributed by atoms with van der Waals surface area (Å²) in [5.41, 5.74) is 3.29. The number of amides is 5. The van der Waals surface area contributed by atoms with Crippen LogP contribution in [0.1, 0.15) is 115 Å². The van der Waals surface area contributed by atoms with Crippen LogP contribution >= 0.6 is 0 Å². The molecule has 4 N–H and O–H groups in total. The Labute approximate surface area is 389 Å². The highest BCUT2D eigenvalue weighted by atomic mass is 19.3. The average molecular weight is 922 g/mol. The molecular weight excluding hydrogens is 861 g/mol. The van der Waals surface area contributed by atoms with Gasteiger partial charge >= 0.3 is 12.2 Å². The smallest absolute Gasteiger partial charge is 0.407 e. The first-order valence-corrected chi connectivity index (χ1v) is 23.9. The highest BCUT2D eigenvalue weighted by Crippen LogP contribution is 2.53. The number of ether oxygens (including phenoxy) is 2. The van der Waals surface area contributed by atoms with E-state index in [9.17, 15) is 24.0 Å². The molecule has 0 unspecified atom stereocenters. The van der Waals surface area contributed by atoms with Gasteiger partial charge in [-0.2, -0.15) is 8.78 Å². The van der Waals surface area contributed by atoms with Gasteiger partial charge in [0.2, 0.25) is 17.7 Å². The van der Waals surface area contributed by atoms with Gasteiger partial charge in [-0.05, 0) is 115 Å². The largest absolute Gasteiger partial charge is 0.453 e. The predicted octanol–water partition coefficient (Wildman–Crippen LogP) is 9.04. The van der Waals surface area contributed by atoms with Crippen molar-refractivity contribution < 1.29 is 42.2 Å². The fraction of sp³-hybridized carbons (Fsp3) is 0.529. The van der Waals surface area contributed by atoms with Gasteiger partial charge in [0.05, 0.1) is 31.3 Å². The fourth-order valence-corrected chi connectivity index (χ4v) is 11.8. The average Bonchev–Trinajstić information content (AvgIpc) is 4.09. The first-order valence-electron chi connectivity index (χ1n) is 23.9. The number of carbonyl (C=O) groups is 5. The molecule has 4 fully saturated rings. The molecule has 1 aromatic heterocycles. The number of benzene rings is 3. The number of halogens is 2. The Kier molecular flexibility index (Phi) is 12.5. The summed E-state index contributed by atoms with van der Waals surface area (Å²) in [5, 5.41) is 8.30. The van der Waals surface area contributed by atoms with Crippen LogP contribution in [0.4, 0.5) is 24.1 Å². The highest BCUT2D eigenvalue weighted by molar-refractivity contribution is 6.00. The van der Waals surface area contributed by atoms with Gasteiger partial charge in [0.15, 0.2) is 0 Å². The lowest BCUT2D eigenvalue weighted by atomic mass is 9.84. The third-order valence-corrected chi connectivity index (χ3v) is 15.2. The van der Waals surface area contributed by atoms with Crippen LogP contribution in [-0.4, -0.2) is 94.1 Å². The van der Waals surface area contributed by atoms with Crippen molar-refractivity contribution in [1.82, 2.24) is 30.4 Å². The fourth-order valence-electron chi connectivity index (χ4n) is 11.8. The van der Waals surface area contributed by atoms with Crippen LogP contribution in [0.25, 0.3) is 33.3 Å². The zero-order valence-corrected chi connectivity index (χ0v) is 39.0. The molecule has 0 bridgehead atoms. The van der Waals surface area contributed by atoms with Crippen LogP contribution in [-0.2, 0) is 29.8 Å². The van der Waals surface area contributed by atoms with Crippen LogP contribution in [0.15, 0.2) is 54.6 Å². The van der Waals surface area contributed by atoms with Crippen LogP contribution in [0, 0.1) is 23.7 Å². The van der Waals surface area contributed by atoms with E-state index in [1.165, 1.54) is 26.4 Å². The van der Waals surface area contributed by atoms with Gasteiger partial charge in [0, 0.05) is 28.9 Å². The lowest BCUT2D eigenvalue weighted by Crippen LogP contribution is -2.57. The van der Waals surface area contributed by atoms with E-state index in [-0.39, 0.29) is 64.5 Å². The molecule has 3 heterocycles. The molecule has 356 valence electrons. The van der Waals surface area contributed by atoms with E-state index in [0.717, 1.165) is 57.8 Å². The number of methoxy groups -OCH3 is 2. The maximum Gasteiger partial charge on any atom is 0.407 e. The second-order valence-electron chi connectivity index (χ2n) is 19.9. The number of hydrogen-bond acceptors (Lipinski definition) is 8. The van der Waals surface area contributed by atoms with Crippen LogP contribution in [0.5, 0.6) is 0 Å². The molecule has 2 saturated heterocycles. The topological polar surface area (TPSA) is 175 Å². The summed E-state index contributed by atoms with van der Waals surface area (Å²) in [4.78, 5) is 79.2. The number of aromatic nitrogens is 2. The number of rotatable bonds is 10. The molecule has 2 saturated carbocycles. The third-order valence-electron chi connectivity index (χ3n) is 15.2. The number of H-pyrrole nitrogens is 1. The molecule has 3 aromatic carbocycles. The summed E-state index contributed by atoms with van der Waals surface area (Å²) < 4.78 is 43.0. The predicted molar refractivity (Wildman–Crippen MR) is 248 cm³/mol. The number of nitrogens with zero attached hydrogens (tertiary/aromatic N) is 3. The Bertz CT molecular complexity index is 2600. The minimum atomic E-state index is -3.38. The Morgan fingerprint density at radius 1 is 0.701 bits per heavy atom. The third kappa shape index (κ3) is 8.38. The second-order valence-corrected chi connectivity index (χ2v) is 19.9. The normalized spacial score (nSPS) is 24.6. The summed E-state index contributed by atoms with van der Waals surface area (Å²) in [6.45, 7) is 7.43. The maximum absolute atomic E-state index is 16.7. The van der Waals surface area contributed by atoms with Crippen molar-refractivity contribution in [1.29, 1.82) is 0 Å². The van der Waals surface area contributed by atoms with Crippen LogP contribution < -0.4 is 16.0 Å². The van der Waals surface area contributed by atoms with Gasteiger partial charge in [-0.1, -0.05) is 77.6 Å². The SMILES string of the molecule is COC(=O)N[C@H](C(=O)N1[C@H](C(=O)Nc2ccc3c(c2)C(F)(F)c2cc(-c4ccc5nc([C@@H]6C[C@@H]7CCCC[C@@H]7N6C(=O)[C@@H](NC(=O)OC)C(C)C)[nH]c5c4)ccc2-3)C[C@@H]2CCCC[C@@H]21)C(C)C. The Morgan fingerprint density at radius 3 is 1.87 bits per heavy atom. The zero-order chi connectivity index (χ0) is 47.5. The molecule has 8 atom stereocenters. The lowest BCUT2D eigenvalue weighted by Gasteiger charge is -2.36. The number of hydrogen-bond donors (Lipinski definition) is 4. The van der Waals surface area contributed by atoms with Crippen LogP contribution in [0.3, 0.4) is 0 Å². The van der Waals surface area contributed by atoms with Gasteiger partial charge in [-0.3, -0.25) is 14.4 Å². The highest BCUT2D eigenvalue weighted by Gasteiger charge is 2.51. The monoisotopic (exact) mass is 921 g/mol. The number of alkyl halides is 2. The van der Waals surface area contributed by atoms with Gasteiger partial charge in [0.25, 0.3) is 5.92 Å². The lowest BCUT2D eigenvalue weighted by molar-refractivity contribution is -0.142. The molecule has 5 aliphatic rings. The van der Waals surface area contributed by atoms with E-state index in [1.807, 2.05) is 56.9 Å². The van der Waals surface area contributed by atoms with Gasteiger partial charge in [-0.25, -0.2) is 14.6 Å². The number of anilines is 1. The van der Waals surface area contributed by atoms with Crippen molar-refractivity contribution in [3.63, 3.8) is 0 Å². The number of aromatic amines is 1. The summed E-state index contributed by atoms with van der Waals surface area (Å²) >= 11 is 0. The molecule has 3 aliphatic carbocycles. The maximum atomic E-state index is 16.7. The Hall–Kier alpha value is -6.06. The minimum absolute atomic E-state index is 0.0267. The number of fused-ring (bicyclic) bond motifs is 6. The Morgan fingerprint density at radius 2 is 1.24 bits per heavy atom. The van der Waals surface area contributed by atoms with Crippen molar-refractivity contribution >= 4 is 46.6 Å². The molecular formula is C51H61F2N7O7. The molecule has 14 nitrogen and oxygen atoms in total. The Balaban J connectivity index is 0.953. The first kappa shape index (κ1) is 46.1. The van der Waals surface area contributed by atoms with Gasteiger partial charge in [0.1, 0.15) is 23.9 Å². The van der Waals surface area contributed by atoms with E-state index in [0.29, 0.717) is 51.5 Å². The van der Waals surface area contributed by atoms with Crippen molar-refractivity contribution in [3.8, 4) is 22.3 Å². The molecule has 0 radical (unpaired) electrons.